The van der Waals surface area contributed by atoms with Gasteiger partial charge in [0.1, 0.15) is 5.52 Å². The highest BCUT2D eigenvalue weighted by molar-refractivity contribution is 14.1. The summed E-state index contributed by atoms with van der Waals surface area (Å²) < 4.78 is 1.03. The zero-order valence-corrected chi connectivity index (χ0v) is 14.0. The molecule has 0 radical (unpaired) electrons. The fourth-order valence-corrected chi connectivity index (χ4v) is 2.72. The van der Waals surface area contributed by atoms with Crippen LogP contribution in [-0.2, 0) is 0 Å². The van der Waals surface area contributed by atoms with Crippen molar-refractivity contribution in [3.8, 4) is 5.75 Å². The second kappa shape index (κ2) is 5.92. The highest BCUT2D eigenvalue weighted by Gasteiger charge is 2.15. The first kappa shape index (κ1) is 14.8. The van der Waals surface area contributed by atoms with Gasteiger partial charge in [-0.1, -0.05) is 18.2 Å². The van der Waals surface area contributed by atoms with E-state index in [4.69, 9.17) is 0 Å². The number of benzene rings is 2. The Morgan fingerprint density at radius 1 is 1.23 bits per heavy atom. The maximum atomic E-state index is 12.4. The number of fused-ring (bicyclic) bond motifs is 1. The third-order valence-electron chi connectivity index (χ3n) is 3.44. The molecule has 3 aromatic rings. The van der Waals surface area contributed by atoms with Crippen molar-refractivity contribution in [3.05, 3.63) is 63.4 Å². The Labute approximate surface area is 141 Å². The largest absolute Gasteiger partial charge is 0.505 e. The second-order valence-electron chi connectivity index (χ2n) is 4.95. The van der Waals surface area contributed by atoms with E-state index in [9.17, 15) is 9.90 Å². The van der Waals surface area contributed by atoms with Gasteiger partial charge in [0.05, 0.1) is 5.56 Å². The number of hydrogen-bond donors (Lipinski definition) is 2. The number of anilines is 1. The molecule has 0 bridgehead atoms. The summed E-state index contributed by atoms with van der Waals surface area (Å²) in [4.78, 5) is 16.6. The maximum absolute atomic E-state index is 12.4. The highest BCUT2D eigenvalue weighted by atomic mass is 127. The molecule has 0 aliphatic heterocycles. The summed E-state index contributed by atoms with van der Waals surface area (Å²) in [5.41, 5.74) is 2.34. The summed E-state index contributed by atoms with van der Waals surface area (Å²) in [5, 5.41) is 13.9. The Bertz CT molecular complexity index is 878. The number of aromatic hydroxyl groups is 1. The predicted octanol–water partition coefficient (Wildman–Crippen LogP) is 4.11. The third-order valence-corrected chi connectivity index (χ3v) is 4.11. The number of amides is 1. The van der Waals surface area contributed by atoms with Gasteiger partial charge in [0, 0.05) is 20.8 Å². The quantitative estimate of drug-likeness (QED) is 0.633. The first-order valence-corrected chi connectivity index (χ1v) is 7.78. The number of rotatable bonds is 2. The van der Waals surface area contributed by atoms with Crippen LogP contribution in [-0.4, -0.2) is 16.0 Å². The highest BCUT2D eigenvalue weighted by Crippen LogP contribution is 2.28. The number of nitrogens with one attached hydrogen (secondary N) is 1. The minimum absolute atomic E-state index is 0.0983. The lowest BCUT2D eigenvalue weighted by Crippen LogP contribution is -2.13. The SMILES string of the molecule is Cc1ccc(I)cc1NC(=O)c1ccc2cccnc2c1O. The first-order valence-electron chi connectivity index (χ1n) is 6.70. The first-order chi connectivity index (χ1) is 10.6. The van der Waals surface area contributed by atoms with Crippen LogP contribution in [0.1, 0.15) is 15.9 Å². The fraction of sp³-hybridized carbons (Fsp3) is 0.0588. The lowest BCUT2D eigenvalue weighted by molar-refractivity contribution is 0.102. The molecule has 0 atom stereocenters. The molecule has 3 rings (SSSR count). The number of phenols is 1. The molecule has 110 valence electrons. The van der Waals surface area contributed by atoms with Gasteiger partial charge >= 0.3 is 0 Å². The number of pyridine rings is 1. The monoisotopic (exact) mass is 404 g/mol. The van der Waals surface area contributed by atoms with Crippen molar-refractivity contribution >= 4 is 45.1 Å². The number of aromatic nitrogens is 1. The molecule has 2 N–H and O–H groups in total. The Balaban J connectivity index is 1.99. The van der Waals surface area contributed by atoms with Gasteiger partial charge in [-0.3, -0.25) is 9.78 Å². The van der Waals surface area contributed by atoms with Crippen molar-refractivity contribution in [2.45, 2.75) is 6.92 Å². The number of hydrogen-bond acceptors (Lipinski definition) is 3. The number of carbonyl (C=O) groups is 1. The van der Waals surface area contributed by atoms with Gasteiger partial charge in [0.15, 0.2) is 5.75 Å². The molecule has 0 aliphatic rings. The van der Waals surface area contributed by atoms with Crippen LogP contribution in [0.5, 0.6) is 5.75 Å². The summed E-state index contributed by atoms with van der Waals surface area (Å²) in [7, 11) is 0. The molecule has 4 nitrogen and oxygen atoms in total. The van der Waals surface area contributed by atoms with E-state index in [-0.39, 0.29) is 17.2 Å². The summed E-state index contributed by atoms with van der Waals surface area (Å²) in [5.74, 6) is -0.450. The van der Waals surface area contributed by atoms with Crippen molar-refractivity contribution in [1.29, 1.82) is 0 Å². The van der Waals surface area contributed by atoms with Crippen LogP contribution < -0.4 is 5.32 Å². The molecule has 0 spiro atoms. The van der Waals surface area contributed by atoms with E-state index in [2.05, 4.69) is 32.9 Å². The summed E-state index contributed by atoms with van der Waals surface area (Å²) in [6.07, 6.45) is 1.59. The van der Waals surface area contributed by atoms with Crippen molar-refractivity contribution in [2.75, 3.05) is 5.32 Å². The Kier molecular flexibility index (Phi) is 3.98. The van der Waals surface area contributed by atoms with Crippen LogP contribution in [0.25, 0.3) is 10.9 Å². The average Bonchev–Trinajstić information content (AvgIpc) is 2.51. The van der Waals surface area contributed by atoms with E-state index >= 15 is 0 Å². The molecule has 0 saturated heterocycles. The van der Waals surface area contributed by atoms with Crippen LogP contribution in [0, 0.1) is 10.5 Å². The molecule has 0 fully saturated rings. The molecule has 0 saturated carbocycles. The molecule has 5 heteroatoms. The van der Waals surface area contributed by atoms with Crippen molar-refractivity contribution in [1.82, 2.24) is 4.98 Å². The fourth-order valence-electron chi connectivity index (χ4n) is 2.23. The van der Waals surface area contributed by atoms with Gasteiger partial charge in [-0.05, 0) is 59.3 Å². The van der Waals surface area contributed by atoms with E-state index in [1.54, 1.807) is 24.4 Å². The number of phenolic OH excluding ortho intramolecular Hbond substituents is 1. The minimum atomic E-state index is -0.352. The number of nitrogens with zero attached hydrogens (tertiary/aromatic N) is 1. The van der Waals surface area contributed by atoms with Gasteiger partial charge < -0.3 is 10.4 Å². The molecule has 1 aromatic heterocycles. The van der Waals surface area contributed by atoms with Gasteiger partial charge in [0.25, 0.3) is 5.91 Å². The molecular formula is C17H13IN2O2. The van der Waals surface area contributed by atoms with Crippen molar-refractivity contribution in [2.24, 2.45) is 0 Å². The lowest BCUT2D eigenvalue weighted by atomic mass is 10.1. The van der Waals surface area contributed by atoms with E-state index in [1.165, 1.54) is 0 Å². The van der Waals surface area contributed by atoms with Crippen molar-refractivity contribution in [3.63, 3.8) is 0 Å². The topological polar surface area (TPSA) is 62.2 Å². The van der Waals surface area contributed by atoms with Gasteiger partial charge in [0.2, 0.25) is 0 Å². The Morgan fingerprint density at radius 2 is 2.05 bits per heavy atom. The van der Waals surface area contributed by atoms with E-state index in [0.717, 1.165) is 20.2 Å². The van der Waals surface area contributed by atoms with Crippen LogP contribution in [0.15, 0.2) is 48.7 Å². The Morgan fingerprint density at radius 3 is 2.86 bits per heavy atom. The van der Waals surface area contributed by atoms with Gasteiger partial charge in [-0.2, -0.15) is 0 Å². The van der Waals surface area contributed by atoms with Gasteiger partial charge in [-0.15, -0.1) is 0 Å². The van der Waals surface area contributed by atoms with E-state index < -0.39 is 0 Å². The number of halogens is 1. The third kappa shape index (κ3) is 2.76. The zero-order valence-electron chi connectivity index (χ0n) is 11.8. The molecule has 22 heavy (non-hydrogen) atoms. The average molecular weight is 404 g/mol. The smallest absolute Gasteiger partial charge is 0.259 e. The molecule has 0 unspecified atom stereocenters. The summed E-state index contributed by atoms with van der Waals surface area (Å²) in [6, 6.07) is 12.8. The summed E-state index contributed by atoms with van der Waals surface area (Å²) >= 11 is 2.19. The maximum Gasteiger partial charge on any atom is 0.259 e. The van der Waals surface area contributed by atoms with Crippen molar-refractivity contribution < 1.29 is 9.90 Å². The lowest BCUT2D eigenvalue weighted by Gasteiger charge is -2.11. The predicted molar refractivity (Wildman–Crippen MR) is 95.3 cm³/mol. The normalized spacial score (nSPS) is 10.6. The number of aryl methyl sites for hydroxylation is 1. The molecule has 1 heterocycles. The molecule has 1 amide bonds. The molecular weight excluding hydrogens is 391 g/mol. The van der Waals surface area contributed by atoms with Gasteiger partial charge in [-0.25, -0.2) is 0 Å². The zero-order chi connectivity index (χ0) is 15.7. The standard InChI is InChI=1S/C17H13IN2O2/c1-10-4-6-12(18)9-14(10)20-17(22)13-7-5-11-3-2-8-19-15(11)16(13)21/h2-9,21H,1H3,(H,20,22). The van der Waals surface area contributed by atoms with Crippen LogP contribution in [0.2, 0.25) is 0 Å². The minimum Gasteiger partial charge on any atom is -0.505 e. The second-order valence-corrected chi connectivity index (χ2v) is 6.20. The van der Waals surface area contributed by atoms with Crippen LogP contribution in [0.3, 0.4) is 0 Å². The van der Waals surface area contributed by atoms with Crippen LogP contribution in [0.4, 0.5) is 5.69 Å². The van der Waals surface area contributed by atoms with Crippen LogP contribution >= 0.6 is 22.6 Å². The molecule has 0 aliphatic carbocycles. The van der Waals surface area contributed by atoms with E-state index in [0.29, 0.717) is 5.52 Å². The Hall–Kier alpha value is -2.15. The summed E-state index contributed by atoms with van der Waals surface area (Å²) in [6.45, 7) is 1.92. The number of carbonyl (C=O) groups excluding carboxylic acids is 1. The van der Waals surface area contributed by atoms with E-state index in [1.807, 2.05) is 31.2 Å². The molecule has 2 aromatic carbocycles.